The number of rotatable bonds is 6. The second-order valence-corrected chi connectivity index (χ2v) is 4.50. The highest BCUT2D eigenvalue weighted by molar-refractivity contribution is 5.85. The van der Waals surface area contributed by atoms with Crippen LogP contribution in [-0.4, -0.2) is 26.2 Å². The predicted octanol–water partition coefficient (Wildman–Crippen LogP) is 2.43. The van der Waals surface area contributed by atoms with Gasteiger partial charge >= 0.3 is 0 Å². The van der Waals surface area contributed by atoms with Crippen LogP contribution in [0.3, 0.4) is 0 Å². The van der Waals surface area contributed by atoms with Crippen molar-refractivity contribution in [3.05, 3.63) is 0 Å². The average Bonchev–Trinajstić information content (AvgIpc) is 3.04. The second kappa shape index (κ2) is 9.44. The first-order valence-electron chi connectivity index (χ1n) is 6.28. The van der Waals surface area contributed by atoms with Gasteiger partial charge in [-0.1, -0.05) is 13.8 Å². The Labute approximate surface area is 101 Å². The van der Waals surface area contributed by atoms with Gasteiger partial charge in [0.05, 0.1) is 0 Å². The fraction of sp³-hybridized carbons (Fsp3) is 1.00. The molecule has 15 heavy (non-hydrogen) atoms. The molecule has 0 aromatic heterocycles. The number of nitrogens with one attached hydrogen (secondary N) is 2. The lowest BCUT2D eigenvalue weighted by Crippen LogP contribution is -2.15. The van der Waals surface area contributed by atoms with Gasteiger partial charge in [-0.3, -0.25) is 0 Å². The summed E-state index contributed by atoms with van der Waals surface area (Å²) >= 11 is 0. The summed E-state index contributed by atoms with van der Waals surface area (Å²) in [7, 11) is 0. The van der Waals surface area contributed by atoms with Gasteiger partial charge in [0.25, 0.3) is 0 Å². The minimum absolute atomic E-state index is 0. The Morgan fingerprint density at radius 1 is 0.800 bits per heavy atom. The Morgan fingerprint density at radius 3 is 1.33 bits per heavy atom. The van der Waals surface area contributed by atoms with Crippen LogP contribution >= 0.6 is 12.4 Å². The molecule has 0 aromatic carbocycles. The van der Waals surface area contributed by atoms with Crippen LogP contribution in [0.5, 0.6) is 0 Å². The van der Waals surface area contributed by atoms with Crippen LogP contribution in [0.2, 0.25) is 0 Å². The summed E-state index contributed by atoms with van der Waals surface area (Å²) in [6.07, 6.45) is 5.86. The molecule has 2 N–H and O–H groups in total. The minimum Gasteiger partial charge on any atom is -0.317 e. The molecule has 0 unspecified atom stereocenters. The third-order valence-electron chi connectivity index (χ3n) is 2.76. The molecule has 0 heterocycles. The zero-order valence-corrected chi connectivity index (χ0v) is 11.0. The first kappa shape index (κ1) is 15.2. The molecule has 0 saturated heterocycles. The number of hydrogen-bond acceptors (Lipinski definition) is 2. The smallest absolute Gasteiger partial charge is 0.00206 e. The largest absolute Gasteiger partial charge is 0.317 e. The molecule has 2 saturated carbocycles. The van der Waals surface area contributed by atoms with Crippen molar-refractivity contribution >= 4 is 12.4 Å². The van der Waals surface area contributed by atoms with Gasteiger partial charge in [-0.2, -0.15) is 0 Å². The van der Waals surface area contributed by atoms with E-state index in [0.717, 1.165) is 24.9 Å². The van der Waals surface area contributed by atoms with Crippen molar-refractivity contribution in [2.75, 3.05) is 26.2 Å². The van der Waals surface area contributed by atoms with E-state index in [2.05, 4.69) is 24.5 Å². The maximum atomic E-state index is 3.31. The molecular weight excluding hydrogens is 208 g/mol. The molecule has 0 atom stereocenters. The van der Waals surface area contributed by atoms with Crippen LogP contribution in [0.4, 0.5) is 0 Å². The van der Waals surface area contributed by atoms with Gasteiger partial charge in [-0.25, -0.2) is 0 Å². The van der Waals surface area contributed by atoms with Crippen molar-refractivity contribution in [3.63, 3.8) is 0 Å². The molecule has 2 fully saturated rings. The van der Waals surface area contributed by atoms with E-state index in [0.29, 0.717) is 0 Å². The van der Waals surface area contributed by atoms with Crippen molar-refractivity contribution in [2.24, 2.45) is 11.8 Å². The first-order valence-corrected chi connectivity index (χ1v) is 6.28. The quantitative estimate of drug-likeness (QED) is 0.738. The average molecular weight is 235 g/mol. The topological polar surface area (TPSA) is 24.1 Å². The van der Waals surface area contributed by atoms with Crippen molar-refractivity contribution in [1.29, 1.82) is 0 Å². The summed E-state index contributed by atoms with van der Waals surface area (Å²) in [5.41, 5.74) is 0. The van der Waals surface area contributed by atoms with Gasteiger partial charge in [0.2, 0.25) is 0 Å². The zero-order valence-electron chi connectivity index (χ0n) is 10.2. The Bertz CT molecular complexity index is 118. The van der Waals surface area contributed by atoms with Gasteiger partial charge in [-0.05, 0) is 63.7 Å². The van der Waals surface area contributed by atoms with Gasteiger partial charge in [0, 0.05) is 0 Å². The molecule has 92 valence electrons. The molecule has 3 heteroatoms. The maximum absolute atomic E-state index is 3.31. The van der Waals surface area contributed by atoms with E-state index >= 15 is 0 Å². The summed E-state index contributed by atoms with van der Waals surface area (Å²) in [6.45, 7) is 9.10. The van der Waals surface area contributed by atoms with Crippen LogP contribution in [0.15, 0.2) is 0 Å². The van der Waals surface area contributed by atoms with E-state index in [1.54, 1.807) is 0 Å². The molecule has 2 aliphatic carbocycles. The van der Waals surface area contributed by atoms with Crippen LogP contribution in [0.25, 0.3) is 0 Å². The summed E-state index contributed by atoms with van der Waals surface area (Å²) < 4.78 is 0. The third kappa shape index (κ3) is 10.5. The van der Waals surface area contributed by atoms with Gasteiger partial charge < -0.3 is 10.6 Å². The molecule has 0 spiro atoms. The van der Waals surface area contributed by atoms with Crippen LogP contribution in [0, 0.1) is 11.8 Å². The summed E-state index contributed by atoms with van der Waals surface area (Å²) in [5, 5.41) is 6.62. The molecule has 0 bridgehead atoms. The molecule has 0 amide bonds. The Morgan fingerprint density at radius 2 is 1.13 bits per heavy atom. The lowest BCUT2D eigenvalue weighted by Gasteiger charge is -1.93. The van der Waals surface area contributed by atoms with Gasteiger partial charge in [-0.15, -0.1) is 12.4 Å². The lowest BCUT2D eigenvalue weighted by atomic mass is 10.4. The van der Waals surface area contributed by atoms with Crippen LogP contribution in [-0.2, 0) is 0 Å². The fourth-order valence-corrected chi connectivity index (χ4v) is 1.34. The highest BCUT2D eigenvalue weighted by Crippen LogP contribution is 2.27. The van der Waals surface area contributed by atoms with E-state index in [1.807, 2.05) is 0 Å². The van der Waals surface area contributed by atoms with Crippen molar-refractivity contribution < 1.29 is 0 Å². The molecule has 0 aliphatic heterocycles. The normalized spacial score (nSPS) is 18.8. The highest BCUT2D eigenvalue weighted by atomic mass is 35.5. The van der Waals surface area contributed by atoms with Gasteiger partial charge in [0.15, 0.2) is 0 Å². The molecule has 2 aliphatic rings. The summed E-state index contributed by atoms with van der Waals surface area (Å²) in [4.78, 5) is 0. The predicted molar refractivity (Wildman–Crippen MR) is 69.8 cm³/mol. The van der Waals surface area contributed by atoms with Crippen LogP contribution in [0.1, 0.15) is 39.5 Å². The zero-order chi connectivity index (χ0) is 10.2. The standard InChI is InChI=1S/2C6H13N.ClH/c2*1-2-7-5-6-3-4-6;/h2*6-7H,2-5H2,1H3;1H. The Kier molecular flexibility index (Phi) is 9.57. The molecule has 2 nitrogen and oxygen atoms in total. The Hall–Kier alpha value is 0.210. The minimum atomic E-state index is 0. The SMILES string of the molecule is CCNCC1CC1.CCNCC1CC1.Cl. The molecule has 2 rings (SSSR count). The fourth-order valence-electron chi connectivity index (χ4n) is 1.34. The van der Waals surface area contributed by atoms with E-state index in [1.165, 1.54) is 38.8 Å². The van der Waals surface area contributed by atoms with E-state index in [9.17, 15) is 0 Å². The lowest BCUT2D eigenvalue weighted by molar-refractivity contribution is 0.662. The molecule has 0 radical (unpaired) electrons. The molecule has 0 aromatic rings. The second-order valence-electron chi connectivity index (χ2n) is 4.50. The third-order valence-corrected chi connectivity index (χ3v) is 2.76. The van der Waals surface area contributed by atoms with E-state index < -0.39 is 0 Å². The van der Waals surface area contributed by atoms with Gasteiger partial charge in [0.1, 0.15) is 0 Å². The van der Waals surface area contributed by atoms with Crippen molar-refractivity contribution in [1.82, 2.24) is 10.6 Å². The van der Waals surface area contributed by atoms with Crippen LogP contribution < -0.4 is 10.6 Å². The van der Waals surface area contributed by atoms with E-state index in [4.69, 9.17) is 0 Å². The monoisotopic (exact) mass is 234 g/mol. The number of hydrogen-bond donors (Lipinski definition) is 2. The van der Waals surface area contributed by atoms with E-state index in [-0.39, 0.29) is 12.4 Å². The summed E-state index contributed by atoms with van der Waals surface area (Å²) in [6, 6.07) is 0. The Balaban J connectivity index is 0.000000245. The first-order chi connectivity index (χ1) is 6.86. The highest BCUT2D eigenvalue weighted by Gasteiger charge is 2.19. The van der Waals surface area contributed by atoms with Crippen molar-refractivity contribution in [2.45, 2.75) is 39.5 Å². The maximum Gasteiger partial charge on any atom is -0.00206 e. The number of halogens is 1. The summed E-state index contributed by atoms with van der Waals surface area (Å²) in [5.74, 6) is 2.08. The molecular formula is C12H27ClN2. The van der Waals surface area contributed by atoms with Crippen molar-refractivity contribution in [3.8, 4) is 0 Å².